The number of hydrogen-bond donors (Lipinski definition) is 1. The predicted molar refractivity (Wildman–Crippen MR) is 69.8 cm³/mol. The number of likely N-dealkylation sites (tertiary alicyclic amines) is 1. The molecule has 1 aromatic rings. The van der Waals surface area contributed by atoms with Crippen molar-refractivity contribution >= 4 is 0 Å². The number of hydrogen-bond acceptors (Lipinski definition) is 3. The van der Waals surface area contributed by atoms with Gasteiger partial charge in [-0.1, -0.05) is 13.3 Å². The van der Waals surface area contributed by atoms with Crippen LogP contribution < -0.4 is 5.73 Å². The standard InChI is InChI=1S/C13H24N4/c1-3-12-10-16(6-4-13(12)14)8-9-17-7-5-15-11(17)2/h5,7,12-13H,3-4,6,8-10,14H2,1-2H3. The second-order valence-corrected chi connectivity index (χ2v) is 5.09. The second kappa shape index (κ2) is 5.65. The molecule has 0 aromatic carbocycles. The molecule has 1 fully saturated rings. The highest BCUT2D eigenvalue weighted by Gasteiger charge is 2.24. The lowest BCUT2D eigenvalue weighted by atomic mass is 9.91. The van der Waals surface area contributed by atoms with E-state index in [1.54, 1.807) is 0 Å². The van der Waals surface area contributed by atoms with Crippen molar-refractivity contribution in [1.29, 1.82) is 0 Å². The molecule has 2 unspecified atom stereocenters. The fourth-order valence-corrected chi connectivity index (χ4v) is 2.65. The molecule has 4 heteroatoms. The van der Waals surface area contributed by atoms with Gasteiger partial charge in [0.05, 0.1) is 0 Å². The molecule has 0 spiro atoms. The van der Waals surface area contributed by atoms with Crippen molar-refractivity contribution in [1.82, 2.24) is 14.5 Å². The van der Waals surface area contributed by atoms with Crippen LogP contribution in [0.5, 0.6) is 0 Å². The summed E-state index contributed by atoms with van der Waals surface area (Å²) in [7, 11) is 0. The molecule has 1 aliphatic rings. The van der Waals surface area contributed by atoms with E-state index in [0.717, 1.165) is 38.4 Å². The van der Waals surface area contributed by atoms with Crippen LogP contribution in [0, 0.1) is 12.8 Å². The molecule has 0 amide bonds. The SMILES string of the molecule is CCC1CN(CCn2ccnc2C)CCC1N. The Kier molecular flexibility index (Phi) is 4.18. The molecule has 0 bridgehead atoms. The molecular weight excluding hydrogens is 212 g/mol. The summed E-state index contributed by atoms with van der Waals surface area (Å²) in [5, 5.41) is 0. The van der Waals surface area contributed by atoms with Gasteiger partial charge >= 0.3 is 0 Å². The fourth-order valence-electron chi connectivity index (χ4n) is 2.65. The van der Waals surface area contributed by atoms with Crippen molar-refractivity contribution < 1.29 is 0 Å². The number of rotatable bonds is 4. The molecule has 0 radical (unpaired) electrons. The van der Waals surface area contributed by atoms with E-state index in [0.29, 0.717) is 12.0 Å². The molecule has 1 saturated heterocycles. The smallest absolute Gasteiger partial charge is 0.105 e. The van der Waals surface area contributed by atoms with Gasteiger partial charge in [-0.05, 0) is 25.8 Å². The Bertz CT molecular complexity index is 347. The molecule has 2 N–H and O–H groups in total. The summed E-state index contributed by atoms with van der Waals surface area (Å²) in [4.78, 5) is 6.79. The van der Waals surface area contributed by atoms with Gasteiger partial charge in [0.25, 0.3) is 0 Å². The highest BCUT2D eigenvalue weighted by molar-refractivity contribution is 4.89. The Morgan fingerprint density at radius 3 is 2.94 bits per heavy atom. The average molecular weight is 236 g/mol. The molecule has 2 heterocycles. The van der Waals surface area contributed by atoms with E-state index in [9.17, 15) is 0 Å². The Morgan fingerprint density at radius 2 is 2.29 bits per heavy atom. The minimum Gasteiger partial charge on any atom is -0.334 e. The molecule has 2 atom stereocenters. The third-order valence-corrected chi connectivity index (χ3v) is 3.98. The number of nitrogens with two attached hydrogens (primary N) is 1. The molecule has 4 nitrogen and oxygen atoms in total. The fraction of sp³-hybridized carbons (Fsp3) is 0.769. The summed E-state index contributed by atoms with van der Waals surface area (Å²) in [5.41, 5.74) is 6.12. The number of aromatic nitrogens is 2. The van der Waals surface area contributed by atoms with E-state index in [2.05, 4.69) is 34.5 Å². The van der Waals surface area contributed by atoms with Crippen LogP contribution in [0.1, 0.15) is 25.6 Å². The maximum Gasteiger partial charge on any atom is 0.105 e. The molecule has 0 saturated carbocycles. The zero-order chi connectivity index (χ0) is 12.3. The van der Waals surface area contributed by atoms with E-state index < -0.39 is 0 Å². The maximum absolute atomic E-state index is 6.12. The van der Waals surface area contributed by atoms with Crippen LogP contribution in [0.15, 0.2) is 12.4 Å². The Morgan fingerprint density at radius 1 is 1.47 bits per heavy atom. The van der Waals surface area contributed by atoms with Gasteiger partial charge in [0.1, 0.15) is 5.82 Å². The van der Waals surface area contributed by atoms with Gasteiger partial charge in [-0.25, -0.2) is 4.98 Å². The van der Waals surface area contributed by atoms with E-state index in [4.69, 9.17) is 5.73 Å². The minimum absolute atomic E-state index is 0.409. The second-order valence-electron chi connectivity index (χ2n) is 5.09. The summed E-state index contributed by atoms with van der Waals surface area (Å²) in [6.45, 7) is 8.75. The van der Waals surface area contributed by atoms with E-state index in [1.165, 1.54) is 6.42 Å². The molecule has 17 heavy (non-hydrogen) atoms. The van der Waals surface area contributed by atoms with Crippen molar-refractivity contribution in [3.63, 3.8) is 0 Å². The highest BCUT2D eigenvalue weighted by atomic mass is 15.2. The summed E-state index contributed by atoms with van der Waals surface area (Å²) in [5.74, 6) is 1.78. The van der Waals surface area contributed by atoms with Gasteiger partial charge in [0, 0.05) is 38.1 Å². The van der Waals surface area contributed by atoms with Gasteiger partial charge in [0.15, 0.2) is 0 Å². The van der Waals surface area contributed by atoms with E-state index >= 15 is 0 Å². The number of imidazole rings is 1. The molecule has 0 aliphatic carbocycles. The largest absolute Gasteiger partial charge is 0.334 e. The van der Waals surface area contributed by atoms with Crippen LogP contribution in [0.25, 0.3) is 0 Å². The lowest BCUT2D eigenvalue weighted by Crippen LogP contribution is -2.47. The topological polar surface area (TPSA) is 47.1 Å². The zero-order valence-corrected chi connectivity index (χ0v) is 11.0. The maximum atomic E-state index is 6.12. The summed E-state index contributed by atoms with van der Waals surface area (Å²) in [6.07, 6.45) is 6.27. The monoisotopic (exact) mass is 236 g/mol. The lowest BCUT2D eigenvalue weighted by Gasteiger charge is -2.36. The Labute approximate surface area is 104 Å². The Balaban J connectivity index is 1.82. The van der Waals surface area contributed by atoms with Gasteiger partial charge in [-0.2, -0.15) is 0 Å². The molecular formula is C13H24N4. The first-order valence-corrected chi connectivity index (χ1v) is 6.66. The van der Waals surface area contributed by atoms with Gasteiger partial charge in [0.2, 0.25) is 0 Å². The van der Waals surface area contributed by atoms with Crippen molar-refractivity contribution in [3.8, 4) is 0 Å². The first-order valence-electron chi connectivity index (χ1n) is 6.66. The normalized spacial score (nSPS) is 26.3. The van der Waals surface area contributed by atoms with E-state index in [1.807, 2.05) is 6.20 Å². The third kappa shape index (κ3) is 3.07. The molecule has 96 valence electrons. The lowest BCUT2D eigenvalue weighted by molar-refractivity contribution is 0.147. The quantitative estimate of drug-likeness (QED) is 0.856. The number of aryl methyl sites for hydroxylation is 1. The van der Waals surface area contributed by atoms with Crippen LogP contribution >= 0.6 is 0 Å². The van der Waals surface area contributed by atoms with Crippen molar-refractivity contribution in [2.75, 3.05) is 19.6 Å². The van der Waals surface area contributed by atoms with E-state index in [-0.39, 0.29) is 0 Å². The van der Waals surface area contributed by atoms with Crippen LogP contribution in [0.2, 0.25) is 0 Å². The highest BCUT2D eigenvalue weighted by Crippen LogP contribution is 2.18. The summed E-state index contributed by atoms with van der Waals surface area (Å²) in [6, 6.07) is 0.409. The van der Waals surface area contributed by atoms with Crippen molar-refractivity contribution in [2.45, 2.75) is 39.3 Å². The van der Waals surface area contributed by atoms with Crippen LogP contribution in [-0.4, -0.2) is 40.1 Å². The average Bonchev–Trinajstić information content (AvgIpc) is 2.74. The van der Waals surface area contributed by atoms with Gasteiger partial charge in [-0.3, -0.25) is 0 Å². The predicted octanol–water partition coefficient (Wildman–Crippen LogP) is 1.25. The van der Waals surface area contributed by atoms with Crippen LogP contribution in [-0.2, 0) is 6.54 Å². The zero-order valence-electron chi connectivity index (χ0n) is 11.0. The third-order valence-electron chi connectivity index (χ3n) is 3.98. The minimum atomic E-state index is 0.409. The van der Waals surface area contributed by atoms with Crippen molar-refractivity contribution in [2.24, 2.45) is 11.7 Å². The Hall–Kier alpha value is -0.870. The first kappa shape index (κ1) is 12.6. The number of piperidine rings is 1. The van der Waals surface area contributed by atoms with Crippen LogP contribution in [0.3, 0.4) is 0 Å². The molecule has 1 aromatic heterocycles. The van der Waals surface area contributed by atoms with Gasteiger partial charge < -0.3 is 15.2 Å². The molecule has 1 aliphatic heterocycles. The van der Waals surface area contributed by atoms with Gasteiger partial charge in [-0.15, -0.1) is 0 Å². The summed E-state index contributed by atoms with van der Waals surface area (Å²) >= 11 is 0. The first-order chi connectivity index (χ1) is 8.20. The molecule has 2 rings (SSSR count). The van der Waals surface area contributed by atoms with Crippen LogP contribution in [0.4, 0.5) is 0 Å². The summed E-state index contributed by atoms with van der Waals surface area (Å²) < 4.78 is 2.22. The number of nitrogens with zero attached hydrogens (tertiary/aromatic N) is 3. The van der Waals surface area contributed by atoms with Crippen molar-refractivity contribution in [3.05, 3.63) is 18.2 Å².